The number of carbonyl (C=O) groups excluding carboxylic acids is 7. The smallest absolute Gasteiger partial charge is 0.409 e. The second kappa shape index (κ2) is 25.3. The molecule has 0 radical (unpaired) electrons. The van der Waals surface area contributed by atoms with Gasteiger partial charge >= 0.3 is 12.1 Å². The van der Waals surface area contributed by atoms with Crippen LogP contribution in [0, 0.1) is 5.92 Å². The second-order valence-electron chi connectivity index (χ2n) is 18.4. The molecule has 71 heavy (non-hydrogen) atoms. The molecule has 0 aromatic heterocycles. The number of alkyl carbamates (subject to hydrolysis) is 1. The molecular weight excluding hydrogens is 960 g/mol. The molecule has 3 heterocycles. The molecular formula is C51H67ClN4O14S. The predicted octanol–water partition coefficient (Wildman–Crippen LogP) is 5.56. The van der Waals surface area contributed by atoms with E-state index in [1.807, 2.05) is 13.0 Å². The molecule has 3 aliphatic rings. The number of anilines is 1. The monoisotopic (exact) mass is 1030 g/mol. The van der Waals surface area contributed by atoms with Crippen LogP contribution in [0.25, 0.3) is 0 Å². The van der Waals surface area contributed by atoms with E-state index in [1.165, 1.54) is 56.9 Å². The first-order valence-corrected chi connectivity index (χ1v) is 25.0. The number of ether oxygens (including phenoxy) is 6. The number of fused-ring (bicyclic) bond motifs is 5. The summed E-state index contributed by atoms with van der Waals surface area (Å²) < 4.78 is 34.6. The Morgan fingerprint density at radius 3 is 2.52 bits per heavy atom. The van der Waals surface area contributed by atoms with Crippen molar-refractivity contribution in [1.29, 1.82) is 0 Å². The van der Waals surface area contributed by atoms with E-state index < -0.39 is 65.7 Å². The van der Waals surface area contributed by atoms with Gasteiger partial charge in [-0.15, -0.1) is 0 Å². The molecule has 0 spiro atoms. The van der Waals surface area contributed by atoms with Crippen LogP contribution in [0.15, 0.2) is 54.1 Å². The molecule has 5 rings (SSSR count). The minimum absolute atomic E-state index is 0.0110. The number of benzene rings is 2. The number of hydrogen-bond donors (Lipinski definition) is 3. The number of aliphatic hydroxyl groups is 1. The number of nitrogens with zero attached hydrogens (tertiary/aromatic N) is 2. The first kappa shape index (κ1) is 56.4. The van der Waals surface area contributed by atoms with E-state index in [4.69, 9.17) is 40.0 Å². The third kappa shape index (κ3) is 14.6. The van der Waals surface area contributed by atoms with Gasteiger partial charge in [-0.25, -0.2) is 9.59 Å². The summed E-state index contributed by atoms with van der Waals surface area (Å²) in [5.74, 6) is -1.27. The van der Waals surface area contributed by atoms with Crippen LogP contribution in [-0.4, -0.2) is 147 Å². The van der Waals surface area contributed by atoms with Crippen molar-refractivity contribution >= 4 is 70.9 Å². The molecule has 18 nitrogen and oxygen atoms in total. The van der Waals surface area contributed by atoms with Gasteiger partial charge < -0.3 is 48.6 Å². The number of aldehydes is 1. The number of methoxy groups -OCH3 is 3. The van der Waals surface area contributed by atoms with Gasteiger partial charge in [0, 0.05) is 65.1 Å². The molecule has 3 N–H and O–H groups in total. The van der Waals surface area contributed by atoms with Crippen LogP contribution < -0.4 is 25.0 Å². The summed E-state index contributed by atoms with van der Waals surface area (Å²) in [5.41, 5.74) is 0.191. The number of ketones is 1. The summed E-state index contributed by atoms with van der Waals surface area (Å²) in [6.07, 6.45) is 2.81. The molecule has 8 atom stereocenters. The van der Waals surface area contributed by atoms with Crippen molar-refractivity contribution in [1.82, 2.24) is 15.5 Å². The molecule has 2 saturated heterocycles. The van der Waals surface area contributed by atoms with Gasteiger partial charge in [0.1, 0.15) is 52.3 Å². The fourth-order valence-electron chi connectivity index (χ4n) is 8.70. The lowest BCUT2D eigenvalue weighted by Crippen LogP contribution is -2.63. The number of epoxide rings is 1. The third-order valence-electron chi connectivity index (χ3n) is 13.3. The number of nitrogens with one attached hydrogen (secondary N) is 2. The van der Waals surface area contributed by atoms with Crippen molar-refractivity contribution in [2.45, 2.75) is 121 Å². The fourth-order valence-corrected chi connectivity index (χ4v) is 9.76. The molecule has 20 heteroatoms. The number of hydrogen-bond acceptors (Lipinski definition) is 15. The van der Waals surface area contributed by atoms with Gasteiger partial charge in [0.25, 0.3) is 0 Å². The second-order valence-corrected chi connectivity index (χ2v) is 19.9. The fraction of sp³-hybridized carbons (Fsp3) is 0.549. The average Bonchev–Trinajstić information content (AvgIpc) is 4.04. The van der Waals surface area contributed by atoms with Crippen molar-refractivity contribution < 1.29 is 67.1 Å². The molecule has 3 aliphatic heterocycles. The number of rotatable bonds is 19. The minimum atomic E-state index is -1.87. The lowest BCUT2D eigenvalue weighted by Gasteiger charge is -2.42. The largest absolute Gasteiger partial charge is 0.496 e. The van der Waals surface area contributed by atoms with E-state index >= 15 is 0 Å². The van der Waals surface area contributed by atoms with Gasteiger partial charge in [-0.1, -0.05) is 48.4 Å². The number of aryl methyl sites for hydroxylation is 1. The highest BCUT2D eigenvalue weighted by atomic mass is 35.5. The number of likely N-dealkylation sites (N-methyl/N-ethyl adjacent to an activating group) is 1. The van der Waals surface area contributed by atoms with E-state index in [9.17, 15) is 38.7 Å². The maximum Gasteiger partial charge on any atom is 0.409 e. The Bertz CT molecular complexity index is 2360. The molecule has 0 saturated carbocycles. The Morgan fingerprint density at radius 1 is 1.10 bits per heavy atom. The molecule has 2 aromatic carbocycles. The Morgan fingerprint density at radius 2 is 1.83 bits per heavy atom. The highest BCUT2D eigenvalue weighted by Gasteiger charge is 2.64. The van der Waals surface area contributed by atoms with E-state index in [0.717, 1.165) is 16.7 Å². The van der Waals surface area contributed by atoms with Gasteiger partial charge in [0.15, 0.2) is 12.0 Å². The van der Waals surface area contributed by atoms with E-state index in [0.29, 0.717) is 67.7 Å². The highest BCUT2D eigenvalue weighted by Crippen LogP contribution is 2.49. The number of amides is 4. The van der Waals surface area contributed by atoms with Crippen molar-refractivity contribution in [2.75, 3.05) is 58.4 Å². The standard InChI is InChI=1S/C51H67ClN4O14S/c1-30-12-10-14-41(67-9)51(64)27-40(68-49(63)54-51)31(2)47-50(4,70-47)42(26-45(61)56(6)37-23-34(22-30)25-39(66-8)46(37)52)69-48(62)32(3)55(5)44(60)19-21-71-29-43(59)53-20-11-13-36(58)18-16-33-15-17-35(28-57)38(24-33)65-7/h10,12,14-15,17,23-25,28,31-32,40-42,47,64H,11,13,16,18-22,26-27,29H2,1-9H3,(H,53,59)(H,54,63)/b14-10+,30-12+/t31?,32-,40?,41?,42-,47?,50?,51?/m0/s1. The van der Waals surface area contributed by atoms with Crippen LogP contribution in [-0.2, 0) is 55.8 Å². The maximum atomic E-state index is 14.3. The summed E-state index contributed by atoms with van der Waals surface area (Å²) in [6, 6.07) is 7.64. The van der Waals surface area contributed by atoms with Crippen molar-refractivity contribution in [2.24, 2.45) is 5.92 Å². The molecule has 2 fully saturated rings. The van der Waals surface area contributed by atoms with Gasteiger partial charge in [-0.05, 0) is 75.4 Å². The van der Waals surface area contributed by atoms with Crippen LogP contribution >= 0.6 is 23.4 Å². The van der Waals surface area contributed by atoms with Crippen LogP contribution in [0.5, 0.6) is 11.5 Å². The van der Waals surface area contributed by atoms with E-state index in [-0.39, 0.29) is 53.4 Å². The van der Waals surface area contributed by atoms with Crippen molar-refractivity contribution in [3.05, 3.63) is 75.8 Å². The normalized spacial score (nSPS) is 26.0. The lowest BCUT2D eigenvalue weighted by atomic mass is 9.83. The summed E-state index contributed by atoms with van der Waals surface area (Å²) in [7, 11) is 7.38. The quantitative estimate of drug-likeness (QED) is 0.0678. The summed E-state index contributed by atoms with van der Waals surface area (Å²) in [4.78, 5) is 93.4. The predicted molar refractivity (Wildman–Crippen MR) is 267 cm³/mol. The van der Waals surface area contributed by atoms with E-state index in [2.05, 4.69) is 10.6 Å². The van der Waals surface area contributed by atoms with E-state index in [1.54, 1.807) is 63.4 Å². The maximum absolute atomic E-state index is 14.3. The Labute approximate surface area is 424 Å². The number of Topliss-reactive ketones (excluding diaryl/α,β-unsaturated/α-hetero) is 1. The van der Waals surface area contributed by atoms with Crippen LogP contribution in [0.4, 0.5) is 10.5 Å². The molecule has 4 bridgehead atoms. The Balaban J connectivity index is 1.20. The first-order valence-electron chi connectivity index (χ1n) is 23.5. The molecule has 388 valence electrons. The van der Waals surface area contributed by atoms with Gasteiger partial charge in [-0.3, -0.25) is 29.3 Å². The number of thioether (sulfide) groups is 1. The number of esters is 1. The Hall–Kier alpha value is -5.47. The zero-order valence-electron chi connectivity index (χ0n) is 41.9. The SMILES string of the molecule is COc1cc(CCC(=O)CCCNC(=O)CSCCC(=O)N(C)[C@@H](C)C(=O)O[C@H]2CC(=O)N(C)c3cc(cc(OC)c3Cl)C/C(C)=C/C=C/C(OC)C3(O)CC(OC(=O)N3)C(C)C3OC32C)ccc1C=O. The summed E-state index contributed by atoms with van der Waals surface area (Å²) >= 11 is 8.05. The Kier molecular flexibility index (Phi) is 20.1. The molecule has 4 amide bonds. The number of allylic oxidation sites excluding steroid dienone is 3. The first-order chi connectivity index (χ1) is 33.7. The van der Waals surface area contributed by atoms with Gasteiger partial charge in [0.05, 0.1) is 43.7 Å². The van der Waals surface area contributed by atoms with Crippen LogP contribution in [0.3, 0.4) is 0 Å². The number of halogens is 1. The van der Waals surface area contributed by atoms with Crippen molar-refractivity contribution in [3.8, 4) is 11.5 Å². The summed E-state index contributed by atoms with van der Waals surface area (Å²) in [5, 5.41) is 17.3. The average molecular weight is 1030 g/mol. The molecule has 2 aromatic rings. The highest BCUT2D eigenvalue weighted by molar-refractivity contribution is 7.99. The summed E-state index contributed by atoms with van der Waals surface area (Å²) in [6.45, 7) is 7.19. The van der Waals surface area contributed by atoms with Crippen LogP contribution in [0.2, 0.25) is 5.02 Å². The molecule has 0 aliphatic carbocycles. The van der Waals surface area contributed by atoms with Gasteiger partial charge in [0.2, 0.25) is 17.7 Å². The van der Waals surface area contributed by atoms with Gasteiger partial charge in [-0.2, -0.15) is 11.8 Å². The zero-order valence-corrected chi connectivity index (χ0v) is 43.4. The zero-order chi connectivity index (χ0) is 52.2. The molecule has 6 unspecified atom stereocenters. The van der Waals surface area contributed by atoms with Crippen molar-refractivity contribution in [3.63, 3.8) is 0 Å². The van der Waals surface area contributed by atoms with Crippen LogP contribution in [0.1, 0.15) is 87.7 Å². The topological polar surface area (TPSA) is 229 Å². The third-order valence-corrected chi connectivity index (χ3v) is 14.6. The minimum Gasteiger partial charge on any atom is -0.496 e. The number of carbonyl (C=O) groups is 7. The lowest BCUT2D eigenvalue weighted by molar-refractivity contribution is -0.162.